The molecule has 54 valence electrons. The van der Waals surface area contributed by atoms with Gasteiger partial charge < -0.3 is 0 Å². The first kappa shape index (κ1) is 7.22. The molecule has 0 aliphatic carbocycles. The van der Waals surface area contributed by atoms with Gasteiger partial charge >= 0.3 is 0 Å². The van der Waals surface area contributed by atoms with E-state index in [1.807, 2.05) is 5.32 Å². The minimum atomic E-state index is -0.457. The third kappa shape index (κ3) is 1.52. The third-order valence-electron chi connectivity index (χ3n) is 1.12. The molecule has 1 heterocycles. The van der Waals surface area contributed by atoms with Gasteiger partial charge in [0.2, 0.25) is 0 Å². The first-order chi connectivity index (χ1) is 5.24. The molecule has 1 aliphatic heterocycles. The summed E-state index contributed by atoms with van der Waals surface area (Å²) in [4.78, 5) is 21.2. The molecular formula is C7H4N2O2. The van der Waals surface area contributed by atoms with E-state index in [1.54, 1.807) is 6.07 Å². The van der Waals surface area contributed by atoms with Crippen LogP contribution in [0.3, 0.4) is 0 Å². The molecule has 0 atom stereocenters. The lowest BCUT2D eigenvalue weighted by atomic mass is 10.2. The minimum absolute atomic E-state index is 0.219. The Morgan fingerprint density at radius 1 is 1.55 bits per heavy atom. The predicted molar refractivity (Wildman–Crippen MR) is 36.0 cm³/mol. The van der Waals surface area contributed by atoms with Crippen LogP contribution >= 0.6 is 0 Å². The van der Waals surface area contributed by atoms with Crippen LogP contribution < -0.4 is 5.32 Å². The highest BCUT2D eigenvalue weighted by atomic mass is 16.2. The van der Waals surface area contributed by atoms with Gasteiger partial charge in [-0.15, -0.1) is 0 Å². The number of hydrogen-bond donors (Lipinski definition) is 1. The molecule has 2 amide bonds. The number of amides is 2. The van der Waals surface area contributed by atoms with Crippen LogP contribution in [0.15, 0.2) is 23.8 Å². The van der Waals surface area contributed by atoms with Crippen molar-refractivity contribution < 1.29 is 9.59 Å². The van der Waals surface area contributed by atoms with Crippen molar-refractivity contribution in [3.8, 4) is 6.07 Å². The fourth-order valence-electron chi connectivity index (χ4n) is 0.678. The van der Waals surface area contributed by atoms with E-state index in [-0.39, 0.29) is 5.57 Å². The van der Waals surface area contributed by atoms with Gasteiger partial charge in [-0.25, -0.2) is 0 Å². The topological polar surface area (TPSA) is 70.0 Å². The van der Waals surface area contributed by atoms with Crippen molar-refractivity contribution in [1.29, 1.82) is 5.26 Å². The van der Waals surface area contributed by atoms with Gasteiger partial charge in [-0.05, 0) is 6.08 Å². The van der Waals surface area contributed by atoms with Crippen molar-refractivity contribution in [3.05, 3.63) is 23.8 Å². The van der Waals surface area contributed by atoms with E-state index >= 15 is 0 Å². The number of nitrogens with zero attached hydrogens (tertiary/aromatic N) is 1. The summed E-state index contributed by atoms with van der Waals surface area (Å²) in [6.45, 7) is 0. The summed E-state index contributed by atoms with van der Waals surface area (Å²) < 4.78 is 0. The third-order valence-corrected chi connectivity index (χ3v) is 1.12. The molecule has 0 aromatic heterocycles. The zero-order chi connectivity index (χ0) is 8.27. The Bertz CT molecular complexity index is 307. The summed E-state index contributed by atoms with van der Waals surface area (Å²) in [7, 11) is 0. The number of imide groups is 1. The minimum Gasteiger partial charge on any atom is -0.289 e. The summed E-state index contributed by atoms with van der Waals surface area (Å²) in [5.74, 6) is -0.894. The summed E-state index contributed by atoms with van der Waals surface area (Å²) in [5.41, 5.74) is 0.219. The van der Waals surface area contributed by atoms with Gasteiger partial charge in [-0.2, -0.15) is 5.26 Å². The van der Waals surface area contributed by atoms with Crippen LogP contribution in [-0.4, -0.2) is 11.8 Å². The van der Waals surface area contributed by atoms with Gasteiger partial charge in [0.25, 0.3) is 11.8 Å². The predicted octanol–water partition coefficient (Wildman–Crippen LogP) is -0.351. The number of hydrogen-bond acceptors (Lipinski definition) is 3. The summed E-state index contributed by atoms with van der Waals surface area (Å²) in [6.07, 6.45) is 3.58. The molecular weight excluding hydrogens is 144 g/mol. The van der Waals surface area contributed by atoms with E-state index in [1.165, 1.54) is 6.08 Å². The molecule has 11 heavy (non-hydrogen) atoms. The maximum Gasteiger partial charge on any atom is 0.258 e. The second-order valence-corrected chi connectivity index (χ2v) is 1.88. The van der Waals surface area contributed by atoms with Crippen LogP contribution in [0, 0.1) is 11.3 Å². The smallest absolute Gasteiger partial charge is 0.258 e. The van der Waals surface area contributed by atoms with Crippen molar-refractivity contribution in [2.45, 2.75) is 0 Å². The van der Waals surface area contributed by atoms with E-state index in [0.29, 0.717) is 0 Å². The number of rotatable bonds is 1. The second kappa shape index (κ2) is 2.80. The van der Waals surface area contributed by atoms with Gasteiger partial charge in [0.15, 0.2) is 0 Å². The summed E-state index contributed by atoms with van der Waals surface area (Å²) in [5, 5.41) is 10.1. The zero-order valence-corrected chi connectivity index (χ0v) is 5.50. The molecule has 0 bridgehead atoms. The van der Waals surface area contributed by atoms with Crippen molar-refractivity contribution in [2.24, 2.45) is 0 Å². The van der Waals surface area contributed by atoms with Crippen molar-refractivity contribution >= 4 is 11.8 Å². The SMILES string of the molecule is N#CC=CC1=CC(=O)NC1=O. The normalized spacial score (nSPS) is 16.5. The monoisotopic (exact) mass is 148 g/mol. The lowest BCUT2D eigenvalue weighted by Crippen LogP contribution is -2.21. The van der Waals surface area contributed by atoms with Gasteiger partial charge in [0, 0.05) is 17.7 Å². The summed E-state index contributed by atoms with van der Waals surface area (Å²) in [6, 6.07) is 1.72. The highest BCUT2D eigenvalue weighted by Gasteiger charge is 2.17. The van der Waals surface area contributed by atoms with Crippen LogP contribution in [0.5, 0.6) is 0 Å². The number of nitrogens with one attached hydrogen (secondary N) is 1. The van der Waals surface area contributed by atoms with Crippen molar-refractivity contribution in [2.75, 3.05) is 0 Å². The number of allylic oxidation sites excluding steroid dienone is 1. The first-order valence-electron chi connectivity index (χ1n) is 2.87. The molecule has 0 saturated carbocycles. The Labute approximate surface area is 62.8 Å². The molecule has 0 radical (unpaired) electrons. The molecule has 1 rings (SSSR count). The number of carbonyl (C=O) groups is 2. The van der Waals surface area contributed by atoms with E-state index in [2.05, 4.69) is 0 Å². The van der Waals surface area contributed by atoms with Crippen molar-refractivity contribution in [3.63, 3.8) is 0 Å². The second-order valence-electron chi connectivity index (χ2n) is 1.88. The quantitative estimate of drug-likeness (QED) is 0.408. The lowest BCUT2D eigenvalue weighted by Gasteiger charge is -1.86. The molecule has 0 saturated heterocycles. The molecule has 0 aromatic rings. The molecule has 4 heteroatoms. The standard InChI is InChI=1S/C7H4N2O2/c8-3-1-2-5-4-6(10)9-7(5)11/h1-2,4H,(H,9,10,11). The molecule has 4 nitrogen and oxygen atoms in total. The number of carbonyl (C=O) groups excluding carboxylic acids is 2. The average Bonchev–Trinajstić information content (AvgIpc) is 2.26. The van der Waals surface area contributed by atoms with E-state index in [9.17, 15) is 9.59 Å². The maximum absolute atomic E-state index is 10.7. The Morgan fingerprint density at radius 2 is 2.27 bits per heavy atom. The molecule has 0 spiro atoms. The van der Waals surface area contributed by atoms with Gasteiger partial charge in [0.1, 0.15) is 0 Å². The molecule has 0 fully saturated rings. The first-order valence-corrected chi connectivity index (χ1v) is 2.87. The Kier molecular flexibility index (Phi) is 1.83. The fraction of sp³-hybridized carbons (Fsp3) is 0. The molecule has 0 aromatic carbocycles. The zero-order valence-electron chi connectivity index (χ0n) is 5.50. The van der Waals surface area contributed by atoms with Gasteiger partial charge in [-0.3, -0.25) is 14.9 Å². The van der Waals surface area contributed by atoms with Gasteiger partial charge in [-0.1, -0.05) is 0 Å². The highest BCUT2D eigenvalue weighted by molar-refractivity contribution is 6.17. The Balaban J connectivity index is 2.82. The highest BCUT2D eigenvalue weighted by Crippen LogP contribution is 2.02. The largest absolute Gasteiger partial charge is 0.289 e. The molecule has 1 N–H and O–H groups in total. The maximum atomic E-state index is 10.7. The van der Waals surface area contributed by atoms with E-state index < -0.39 is 11.8 Å². The van der Waals surface area contributed by atoms with E-state index in [0.717, 1.165) is 12.2 Å². The van der Waals surface area contributed by atoms with Gasteiger partial charge in [0.05, 0.1) is 6.07 Å². The Hall–Kier alpha value is -1.89. The van der Waals surface area contributed by atoms with Crippen LogP contribution in [-0.2, 0) is 9.59 Å². The summed E-state index contributed by atoms with van der Waals surface area (Å²) >= 11 is 0. The molecule has 0 unspecified atom stereocenters. The lowest BCUT2D eigenvalue weighted by molar-refractivity contribution is -0.123. The molecule has 1 aliphatic rings. The van der Waals surface area contributed by atoms with Crippen LogP contribution in [0.2, 0.25) is 0 Å². The van der Waals surface area contributed by atoms with E-state index in [4.69, 9.17) is 5.26 Å². The van der Waals surface area contributed by atoms with Crippen LogP contribution in [0.25, 0.3) is 0 Å². The Morgan fingerprint density at radius 3 is 2.73 bits per heavy atom. The van der Waals surface area contributed by atoms with Crippen LogP contribution in [0.4, 0.5) is 0 Å². The average molecular weight is 148 g/mol. The van der Waals surface area contributed by atoms with Crippen molar-refractivity contribution in [1.82, 2.24) is 5.32 Å². The fourth-order valence-corrected chi connectivity index (χ4v) is 0.678. The number of nitriles is 1. The van der Waals surface area contributed by atoms with Crippen LogP contribution in [0.1, 0.15) is 0 Å².